The van der Waals surface area contributed by atoms with E-state index in [1.165, 1.54) is 0 Å². The highest BCUT2D eigenvalue weighted by Crippen LogP contribution is 2.33. The number of hydrogen-bond donors (Lipinski definition) is 1. The lowest BCUT2D eigenvalue weighted by Crippen LogP contribution is -2.29. The van der Waals surface area contributed by atoms with Crippen molar-refractivity contribution in [3.05, 3.63) is 63.0 Å². The summed E-state index contributed by atoms with van der Waals surface area (Å²) in [6.07, 6.45) is -0.200. The van der Waals surface area contributed by atoms with Crippen LogP contribution in [0, 0.1) is 0 Å². The van der Waals surface area contributed by atoms with E-state index in [9.17, 15) is 0 Å². The number of nitrogens with two attached hydrogens (primary N) is 1. The Labute approximate surface area is 130 Å². The van der Waals surface area contributed by atoms with Gasteiger partial charge in [0, 0.05) is 16.1 Å². The molecule has 0 aromatic heterocycles. The number of benzene rings is 2. The van der Waals surface area contributed by atoms with E-state index in [1.807, 2.05) is 55.5 Å². The molecule has 2 N–H and O–H groups in total. The monoisotopic (exact) mass is 383 g/mol. The van der Waals surface area contributed by atoms with E-state index >= 15 is 0 Å². The third-order valence-corrected chi connectivity index (χ3v) is 4.16. The SMILES string of the molecule is CC(N)C(Oc1ccccc1Br)c1ccccc1Br. The number of rotatable bonds is 4. The lowest BCUT2D eigenvalue weighted by atomic mass is 10.0. The fourth-order valence-electron chi connectivity index (χ4n) is 1.84. The molecule has 0 saturated carbocycles. The van der Waals surface area contributed by atoms with Crippen LogP contribution < -0.4 is 10.5 Å². The van der Waals surface area contributed by atoms with E-state index < -0.39 is 0 Å². The average molecular weight is 385 g/mol. The van der Waals surface area contributed by atoms with E-state index in [0.29, 0.717) is 0 Å². The summed E-state index contributed by atoms with van der Waals surface area (Å²) < 4.78 is 8.00. The maximum Gasteiger partial charge on any atom is 0.140 e. The second-order valence-corrected chi connectivity index (χ2v) is 6.06. The topological polar surface area (TPSA) is 35.2 Å². The molecule has 0 radical (unpaired) electrons. The van der Waals surface area contributed by atoms with Crippen molar-refractivity contribution in [2.24, 2.45) is 5.73 Å². The zero-order valence-corrected chi connectivity index (χ0v) is 13.7. The van der Waals surface area contributed by atoms with Crippen molar-refractivity contribution in [1.82, 2.24) is 0 Å². The smallest absolute Gasteiger partial charge is 0.140 e. The molecule has 2 unspecified atom stereocenters. The summed E-state index contributed by atoms with van der Waals surface area (Å²) in [6.45, 7) is 1.95. The van der Waals surface area contributed by atoms with E-state index in [2.05, 4.69) is 31.9 Å². The molecule has 0 aliphatic carbocycles. The molecular formula is C15H15Br2NO. The quantitative estimate of drug-likeness (QED) is 0.830. The minimum absolute atomic E-state index is 0.120. The number of hydrogen-bond acceptors (Lipinski definition) is 2. The summed E-state index contributed by atoms with van der Waals surface area (Å²) in [6, 6.07) is 15.6. The molecule has 0 aliphatic heterocycles. The first-order valence-electron chi connectivity index (χ1n) is 6.01. The van der Waals surface area contributed by atoms with Crippen LogP contribution in [0.3, 0.4) is 0 Å². The van der Waals surface area contributed by atoms with Gasteiger partial charge in [-0.25, -0.2) is 0 Å². The van der Waals surface area contributed by atoms with Crippen LogP contribution in [0.2, 0.25) is 0 Å². The van der Waals surface area contributed by atoms with Gasteiger partial charge in [0.05, 0.1) is 4.47 Å². The van der Waals surface area contributed by atoms with Gasteiger partial charge in [-0.3, -0.25) is 0 Å². The molecule has 2 nitrogen and oxygen atoms in total. The molecule has 0 amide bonds. The van der Waals surface area contributed by atoms with Gasteiger partial charge in [0.1, 0.15) is 11.9 Å². The predicted molar refractivity (Wildman–Crippen MR) is 85.3 cm³/mol. The second kappa shape index (κ2) is 6.55. The van der Waals surface area contributed by atoms with Gasteiger partial charge >= 0.3 is 0 Å². The van der Waals surface area contributed by atoms with E-state index in [4.69, 9.17) is 10.5 Å². The van der Waals surface area contributed by atoms with Gasteiger partial charge in [0.25, 0.3) is 0 Å². The standard InChI is InChI=1S/C15H15Br2NO/c1-10(18)15(11-6-2-3-7-12(11)16)19-14-9-5-4-8-13(14)17/h2-10,15H,18H2,1H3. The molecule has 2 aromatic carbocycles. The molecule has 0 spiro atoms. The van der Waals surface area contributed by atoms with Crippen LogP contribution >= 0.6 is 31.9 Å². The molecule has 2 atom stereocenters. The molecule has 0 saturated heterocycles. The lowest BCUT2D eigenvalue weighted by molar-refractivity contribution is 0.178. The third-order valence-electron chi connectivity index (χ3n) is 2.78. The van der Waals surface area contributed by atoms with Crippen molar-refractivity contribution in [1.29, 1.82) is 0 Å². The van der Waals surface area contributed by atoms with Crippen molar-refractivity contribution in [2.45, 2.75) is 19.1 Å². The maximum absolute atomic E-state index is 6.07. The van der Waals surface area contributed by atoms with Crippen molar-refractivity contribution >= 4 is 31.9 Å². The molecule has 0 aliphatic rings. The Morgan fingerprint density at radius 3 is 2.11 bits per heavy atom. The number of ether oxygens (including phenoxy) is 1. The molecule has 2 rings (SSSR count). The van der Waals surface area contributed by atoms with E-state index in [1.54, 1.807) is 0 Å². The Hall–Kier alpha value is -0.840. The molecule has 2 aromatic rings. The Morgan fingerprint density at radius 1 is 0.947 bits per heavy atom. The van der Waals surface area contributed by atoms with Crippen LogP contribution in [0.15, 0.2) is 57.5 Å². The Kier molecular flexibility index (Phi) is 5.02. The lowest BCUT2D eigenvalue weighted by Gasteiger charge is -2.24. The van der Waals surface area contributed by atoms with Crippen LogP contribution in [0.4, 0.5) is 0 Å². The third kappa shape index (κ3) is 3.59. The predicted octanol–water partition coefficient (Wildman–Crippen LogP) is 4.68. The van der Waals surface area contributed by atoms with Gasteiger partial charge in [-0.05, 0) is 41.1 Å². The van der Waals surface area contributed by atoms with Crippen molar-refractivity contribution in [3.8, 4) is 5.75 Å². The first kappa shape index (κ1) is 14.6. The Morgan fingerprint density at radius 2 is 1.53 bits per heavy atom. The summed E-state index contributed by atoms with van der Waals surface area (Å²) >= 11 is 7.04. The van der Waals surface area contributed by atoms with Crippen LogP contribution in [0.25, 0.3) is 0 Å². The number of para-hydroxylation sites is 1. The minimum atomic E-state index is -0.200. The normalized spacial score (nSPS) is 13.9. The van der Waals surface area contributed by atoms with Gasteiger partial charge in [-0.15, -0.1) is 0 Å². The maximum atomic E-state index is 6.07. The highest BCUT2D eigenvalue weighted by Gasteiger charge is 2.21. The van der Waals surface area contributed by atoms with Crippen molar-refractivity contribution in [3.63, 3.8) is 0 Å². The number of halogens is 2. The average Bonchev–Trinajstić information content (AvgIpc) is 2.38. The molecule has 0 fully saturated rings. The molecule has 0 heterocycles. The second-order valence-electron chi connectivity index (χ2n) is 4.35. The van der Waals surface area contributed by atoms with E-state index in [0.717, 1.165) is 20.3 Å². The largest absolute Gasteiger partial charge is 0.483 e. The van der Waals surface area contributed by atoms with Gasteiger partial charge in [0.15, 0.2) is 0 Å². The Balaban J connectivity index is 2.33. The van der Waals surface area contributed by atoms with Gasteiger partial charge < -0.3 is 10.5 Å². The van der Waals surface area contributed by atoms with Gasteiger partial charge in [-0.2, -0.15) is 0 Å². The van der Waals surface area contributed by atoms with Crippen molar-refractivity contribution < 1.29 is 4.74 Å². The molecule has 0 bridgehead atoms. The molecular weight excluding hydrogens is 370 g/mol. The fourth-order valence-corrected chi connectivity index (χ4v) is 2.73. The van der Waals surface area contributed by atoms with Crippen LogP contribution in [0.1, 0.15) is 18.6 Å². The van der Waals surface area contributed by atoms with Gasteiger partial charge in [-0.1, -0.05) is 46.3 Å². The van der Waals surface area contributed by atoms with Crippen molar-refractivity contribution in [2.75, 3.05) is 0 Å². The van der Waals surface area contributed by atoms with E-state index in [-0.39, 0.29) is 12.1 Å². The fraction of sp³-hybridized carbons (Fsp3) is 0.200. The molecule has 4 heteroatoms. The summed E-state index contributed by atoms with van der Waals surface area (Å²) in [4.78, 5) is 0. The first-order valence-corrected chi connectivity index (χ1v) is 7.59. The summed E-state index contributed by atoms with van der Waals surface area (Å²) in [7, 11) is 0. The highest BCUT2D eigenvalue weighted by molar-refractivity contribution is 9.10. The summed E-state index contributed by atoms with van der Waals surface area (Å²) in [5.74, 6) is 0.792. The first-order chi connectivity index (χ1) is 9.09. The Bertz CT molecular complexity index is 557. The van der Waals surface area contributed by atoms with Crippen LogP contribution in [-0.4, -0.2) is 6.04 Å². The zero-order valence-electron chi connectivity index (χ0n) is 10.5. The highest BCUT2D eigenvalue weighted by atomic mass is 79.9. The molecule has 19 heavy (non-hydrogen) atoms. The minimum Gasteiger partial charge on any atom is -0.483 e. The van der Waals surface area contributed by atoms with Gasteiger partial charge in [0.2, 0.25) is 0 Å². The molecule has 100 valence electrons. The van der Waals surface area contributed by atoms with Crippen LogP contribution in [-0.2, 0) is 0 Å². The van der Waals surface area contributed by atoms with Crippen LogP contribution in [0.5, 0.6) is 5.75 Å². The zero-order chi connectivity index (χ0) is 13.8. The summed E-state index contributed by atoms with van der Waals surface area (Å²) in [5.41, 5.74) is 7.12. The summed E-state index contributed by atoms with van der Waals surface area (Å²) in [5, 5.41) is 0.